The molecule has 0 radical (unpaired) electrons. The predicted molar refractivity (Wildman–Crippen MR) is 160 cm³/mol. The van der Waals surface area contributed by atoms with Gasteiger partial charge in [0.05, 0.1) is 40.0 Å². The van der Waals surface area contributed by atoms with E-state index >= 15 is 0 Å². The third-order valence-electron chi connectivity index (χ3n) is 7.48. The van der Waals surface area contributed by atoms with Gasteiger partial charge in [-0.15, -0.1) is 11.3 Å². The Labute approximate surface area is 239 Å². The molecule has 4 aromatic heterocycles. The summed E-state index contributed by atoms with van der Waals surface area (Å²) in [5.74, 6) is 0. The maximum atomic E-state index is 9.65. The second-order valence-corrected chi connectivity index (χ2v) is 12.1. The number of pyridine rings is 3. The lowest BCUT2D eigenvalue weighted by molar-refractivity contribution is 0.238. The van der Waals surface area contributed by atoms with Gasteiger partial charge in [0, 0.05) is 36.4 Å². The molecule has 1 N–H and O–H groups in total. The van der Waals surface area contributed by atoms with Gasteiger partial charge in [-0.05, 0) is 66.9 Å². The minimum absolute atomic E-state index is 0.0449. The van der Waals surface area contributed by atoms with Gasteiger partial charge in [0.15, 0.2) is 0 Å². The molecule has 0 unspecified atom stereocenters. The molecule has 0 saturated heterocycles. The molecule has 40 heavy (non-hydrogen) atoms. The van der Waals surface area contributed by atoms with Gasteiger partial charge in [0.25, 0.3) is 0 Å². The lowest BCUT2D eigenvalue weighted by Gasteiger charge is -2.22. The second kappa shape index (κ2) is 10.7. The number of aliphatic hydroxyl groups excluding tert-OH is 1. The summed E-state index contributed by atoms with van der Waals surface area (Å²) in [6, 6.07) is 24.8. The molecule has 6 rings (SSSR count). The van der Waals surface area contributed by atoms with E-state index in [1.54, 1.807) is 11.3 Å². The maximum Gasteiger partial charge on any atom is 0.142 e. The fourth-order valence-corrected chi connectivity index (χ4v) is 6.72. The number of nitrogens with zero attached hydrogens (tertiary/aromatic N) is 5. The van der Waals surface area contributed by atoms with Crippen molar-refractivity contribution < 1.29 is 5.11 Å². The van der Waals surface area contributed by atoms with Crippen LogP contribution in [0.25, 0.3) is 21.1 Å². The van der Waals surface area contributed by atoms with Crippen molar-refractivity contribution in [1.82, 2.24) is 24.8 Å². The van der Waals surface area contributed by atoms with Gasteiger partial charge in [0.2, 0.25) is 0 Å². The van der Waals surface area contributed by atoms with Gasteiger partial charge < -0.3 is 5.11 Å². The summed E-state index contributed by atoms with van der Waals surface area (Å²) in [5.41, 5.74) is 10.2. The van der Waals surface area contributed by atoms with Crippen LogP contribution in [0.1, 0.15) is 59.1 Å². The molecule has 0 spiro atoms. The van der Waals surface area contributed by atoms with Gasteiger partial charge in [-0.1, -0.05) is 50.2 Å². The number of rotatable bonds is 8. The molecule has 1 aliphatic rings. The lowest BCUT2D eigenvalue weighted by atomic mass is 9.85. The van der Waals surface area contributed by atoms with E-state index in [4.69, 9.17) is 19.9 Å². The summed E-state index contributed by atoms with van der Waals surface area (Å²) in [4.78, 5) is 23.2. The molecule has 0 fully saturated rings. The SMILES string of the molecule is Cc1cccc(CN(Cc2cccc(C)n2)Cc2cccc(-c3nc4c(s3)-c3ccc(CO)cc3C4(C)C)n2)n1. The minimum Gasteiger partial charge on any atom is -0.392 e. The number of fused-ring (bicyclic) bond motifs is 3. The Morgan fingerprint density at radius 2 is 1.35 bits per heavy atom. The highest BCUT2D eigenvalue weighted by Gasteiger charge is 2.39. The second-order valence-electron chi connectivity index (χ2n) is 11.1. The quantitative estimate of drug-likeness (QED) is 0.236. The molecule has 0 atom stereocenters. The van der Waals surface area contributed by atoms with Crippen LogP contribution in [-0.2, 0) is 31.7 Å². The molecule has 1 aliphatic carbocycles. The molecule has 4 heterocycles. The number of thiazole rings is 1. The first-order valence-corrected chi connectivity index (χ1v) is 14.4. The van der Waals surface area contributed by atoms with Crippen LogP contribution in [0.15, 0.2) is 72.8 Å². The first-order valence-electron chi connectivity index (χ1n) is 13.6. The molecule has 0 bridgehead atoms. The van der Waals surface area contributed by atoms with E-state index in [1.807, 2.05) is 32.0 Å². The minimum atomic E-state index is -0.222. The molecule has 5 aromatic rings. The Morgan fingerprint density at radius 3 is 1.95 bits per heavy atom. The Kier molecular flexibility index (Phi) is 7.04. The van der Waals surface area contributed by atoms with Crippen molar-refractivity contribution in [1.29, 1.82) is 0 Å². The molecule has 1 aromatic carbocycles. The zero-order valence-corrected chi connectivity index (χ0v) is 24.2. The van der Waals surface area contributed by atoms with Gasteiger partial charge in [-0.3, -0.25) is 14.9 Å². The Balaban J connectivity index is 1.30. The molecule has 0 aliphatic heterocycles. The van der Waals surface area contributed by atoms with E-state index in [2.05, 4.69) is 73.3 Å². The topological polar surface area (TPSA) is 75.0 Å². The summed E-state index contributed by atoms with van der Waals surface area (Å²) in [7, 11) is 0. The van der Waals surface area contributed by atoms with Crippen LogP contribution in [0, 0.1) is 13.8 Å². The van der Waals surface area contributed by atoms with Gasteiger partial charge >= 0.3 is 0 Å². The van der Waals surface area contributed by atoms with Crippen molar-refractivity contribution in [3.63, 3.8) is 0 Å². The van der Waals surface area contributed by atoms with Crippen molar-refractivity contribution >= 4 is 11.3 Å². The average Bonchev–Trinajstić information content (AvgIpc) is 3.47. The summed E-state index contributed by atoms with van der Waals surface area (Å²) in [5, 5.41) is 10.6. The number of hydrogen-bond acceptors (Lipinski definition) is 7. The highest BCUT2D eigenvalue weighted by atomic mass is 32.1. The number of benzene rings is 1. The van der Waals surface area contributed by atoms with E-state index in [0.29, 0.717) is 19.6 Å². The normalized spacial score (nSPS) is 13.4. The molecule has 0 amide bonds. The summed E-state index contributed by atoms with van der Waals surface area (Å²) < 4.78 is 0. The van der Waals surface area contributed by atoms with Crippen LogP contribution < -0.4 is 0 Å². The van der Waals surface area contributed by atoms with E-state index in [9.17, 15) is 5.11 Å². The van der Waals surface area contributed by atoms with Crippen molar-refractivity contribution in [3.8, 4) is 21.1 Å². The zero-order chi connectivity index (χ0) is 27.9. The van der Waals surface area contributed by atoms with E-state index < -0.39 is 0 Å². The highest BCUT2D eigenvalue weighted by Crippen LogP contribution is 2.52. The fraction of sp³-hybridized carbons (Fsp3) is 0.273. The molecule has 6 nitrogen and oxygen atoms in total. The standard InChI is InChI=1S/C33H33N5OS/c1-21-8-5-10-24(34-21)17-38(18-25-11-6-9-22(2)35-25)19-26-12-7-13-29(36-26)32-37-31-30(40-32)27-15-14-23(20-39)16-28(27)33(31,3)4/h5-16,39H,17-20H2,1-4H3. The Hall–Kier alpha value is -3.78. The smallest absolute Gasteiger partial charge is 0.142 e. The van der Waals surface area contributed by atoms with Crippen molar-refractivity contribution in [2.75, 3.05) is 0 Å². The molecular formula is C33H33N5OS. The van der Waals surface area contributed by atoms with Gasteiger partial charge in [-0.2, -0.15) is 0 Å². The zero-order valence-electron chi connectivity index (χ0n) is 23.3. The van der Waals surface area contributed by atoms with E-state index in [0.717, 1.165) is 50.4 Å². The van der Waals surface area contributed by atoms with Crippen molar-refractivity contribution in [2.45, 2.75) is 59.4 Å². The third kappa shape index (κ3) is 5.20. The lowest BCUT2D eigenvalue weighted by Crippen LogP contribution is -2.24. The molecule has 202 valence electrons. The number of hydrogen-bond donors (Lipinski definition) is 1. The fourth-order valence-electron chi connectivity index (χ4n) is 5.49. The number of aliphatic hydroxyl groups is 1. The van der Waals surface area contributed by atoms with E-state index in [1.165, 1.54) is 16.0 Å². The first-order chi connectivity index (χ1) is 19.3. The van der Waals surface area contributed by atoms with Gasteiger partial charge in [-0.25, -0.2) is 9.97 Å². The number of aryl methyl sites for hydroxylation is 2. The third-order valence-corrected chi connectivity index (χ3v) is 8.59. The summed E-state index contributed by atoms with van der Waals surface area (Å²) in [6.45, 7) is 10.6. The molecule has 7 heteroatoms. The maximum absolute atomic E-state index is 9.65. The van der Waals surface area contributed by atoms with Crippen LogP contribution in [0.3, 0.4) is 0 Å². The first kappa shape index (κ1) is 26.4. The monoisotopic (exact) mass is 547 g/mol. The average molecular weight is 548 g/mol. The van der Waals surface area contributed by atoms with Crippen LogP contribution in [0.2, 0.25) is 0 Å². The van der Waals surface area contributed by atoms with Crippen molar-refractivity contribution in [2.24, 2.45) is 0 Å². The van der Waals surface area contributed by atoms with Crippen molar-refractivity contribution in [3.05, 3.63) is 118 Å². The van der Waals surface area contributed by atoms with E-state index in [-0.39, 0.29) is 12.0 Å². The highest BCUT2D eigenvalue weighted by molar-refractivity contribution is 7.18. The summed E-state index contributed by atoms with van der Waals surface area (Å²) in [6.07, 6.45) is 0. The van der Waals surface area contributed by atoms with Crippen LogP contribution in [0.4, 0.5) is 0 Å². The molecule has 0 saturated carbocycles. The summed E-state index contributed by atoms with van der Waals surface area (Å²) >= 11 is 1.70. The largest absolute Gasteiger partial charge is 0.392 e. The Bertz CT molecular complexity index is 1640. The predicted octanol–water partition coefficient (Wildman–Crippen LogP) is 6.61. The molecular weight excluding hydrogens is 514 g/mol. The van der Waals surface area contributed by atoms with Crippen LogP contribution in [-0.4, -0.2) is 29.9 Å². The number of aromatic nitrogens is 4. The van der Waals surface area contributed by atoms with Crippen LogP contribution >= 0.6 is 11.3 Å². The Morgan fingerprint density at radius 1 is 0.750 bits per heavy atom. The van der Waals surface area contributed by atoms with Crippen LogP contribution in [0.5, 0.6) is 0 Å². The van der Waals surface area contributed by atoms with Gasteiger partial charge in [0.1, 0.15) is 5.01 Å².